The van der Waals surface area contributed by atoms with Crippen molar-refractivity contribution in [3.8, 4) is 0 Å². The van der Waals surface area contributed by atoms with E-state index in [1.165, 1.54) is 12.5 Å². The van der Waals surface area contributed by atoms with Crippen molar-refractivity contribution in [3.05, 3.63) is 34.6 Å². The van der Waals surface area contributed by atoms with E-state index in [2.05, 4.69) is 6.92 Å². The fraction of sp³-hybridized carbons (Fsp3) is 0.533. The Morgan fingerprint density at radius 1 is 1.44 bits per heavy atom. The highest BCUT2D eigenvalue weighted by Gasteiger charge is 2.25. The summed E-state index contributed by atoms with van der Waals surface area (Å²) in [6.45, 7) is 2.19. The normalized spacial score (nSPS) is 23.9. The lowest BCUT2D eigenvalue weighted by Crippen LogP contribution is -2.23. The molecule has 2 rings (SSSR count). The van der Waals surface area contributed by atoms with Crippen molar-refractivity contribution in [2.75, 3.05) is 0 Å². The van der Waals surface area contributed by atoms with Gasteiger partial charge in [-0.3, -0.25) is 4.79 Å². The third-order valence-electron chi connectivity index (χ3n) is 3.79. The number of halogens is 2. The summed E-state index contributed by atoms with van der Waals surface area (Å²) in [5.74, 6) is 0.511. The summed E-state index contributed by atoms with van der Waals surface area (Å²) in [6.07, 6.45) is 4.52. The molecule has 1 saturated carbocycles. The summed E-state index contributed by atoms with van der Waals surface area (Å²) in [5, 5.41) is 0.0923. The number of carbonyl (C=O) groups is 1. The molecular weight excluding hydrogens is 251 g/mol. The van der Waals surface area contributed by atoms with Gasteiger partial charge in [-0.05, 0) is 30.4 Å². The van der Waals surface area contributed by atoms with Crippen LogP contribution < -0.4 is 0 Å². The van der Waals surface area contributed by atoms with Gasteiger partial charge in [-0.2, -0.15) is 0 Å². The highest BCUT2D eigenvalue weighted by molar-refractivity contribution is 6.31. The van der Waals surface area contributed by atoms with Gasteiger partial charge in [-0.25, -0.2) is 4.39 Å². The number of ketones is 1. The Kier molecular flexibility index (Phi) is 4.39. The minimum atomic E-state index is -0.445. The smallest absolute Gasteiger partial charge is 0.142 e. The number of hydrogen-bond acceptors (Lipinski definition) is 1. The summed E-state index contributed by atoms with van der Waals surface area (Å²) in [4.78, 5) is 12.2. The number of benzene rings is 1. The predicted molar refractivity (Wildman–Crippen MR) is 71.2 cm³/mol. The van der Waals surface area contributed by atoms with E-state index in [1.807, 2.05) is 0 Å². The van der Waals surface area contributed by atoms with Crippen molar-refractivity contribution in [3.63, 3.8) is 0 Å². The third kappa shape index (κ3) is 3.11. The topological polar surface area (TPSA) is 17.1 Å². The molecule has 0 radical (unpaired) electrons. The van der Waals surface area contributed by atoms with Crippen molar-refractivity contribution >= 4 is 17.4 Å². The lowest BCUT2D eigenvalue weighted by molar-refractivity contribution is -0.123. The van der Waals surface area contributed by atoms with Crippen molar-refractivity contribution in [2.24, 2.45) is 11.8 Å². The molecule has 0 amide bonds. The molecule has 2 unspecified atom stereocenters. The zero-order valence-corrected chi connectivity index (χ0v) is 11.3. The minimum absolute atomic E-state index is 0.0923. The van der Waals surface area contributed by atoms with Crippen LogP contribution in [0.3, 0.4) is 0 Å². The molecule has 1 aromatic rings. The summed E-state index contributed by atoms with van der Waals surface area (Å²) in [5.41, 5.74) is 0.611. The first kappa shape index (κ1) is 13.5. The molecule has 18 heavy (non-hydrogen) atoms. The van der Waals surface area contributed by atoms with Gasteiger partial charge >= 0.3 is 0 Å². The fourth-order valence-corrected chi connectivity index (χ4v) is 2.94. The molecule has 0 aliphatic heterocycles. The van der Waals surface area contributed by atoms with Crippen LogP contribution in [0.2, 0.25) is 5.02 Å². The quantitative estimate of drug-likeness (QED) is 0.793. The highest BCUT2D eigenvalue weighted by Crippen LogP contribution is 2.30. The van der Waals surface area contributed by atoms with E-state index in [0.29, 0.717) is 11.5 Å². The van der Waals surface area contributed by atoms with Crippen LogP contribution in [0.5, 0.6) is 0 Å². The van der Waals surface area contributed by atoms with Gasteiger partial charge in [0.2, 0.25) is 0 Å². The Morgan fingerprint density at radius 3 is 2.94 bits per heavy atom. The van der Waals surface area contributed by atoms with Gasteiger partial charge in [0.15, 0.2) is 0 Å². The molecule has 0 N–H and O–H groups in total. The van der Waals surface area contributed by atoms with Gasteiger partial charge in [0.1, 0.15) is 11.6 Å². The maximum Gasteiger partial charge on any atom is 0.142 e. The van der Waals surface area contributed by atoms with Crippen LogP contribution >= 0.6 is 11.6 Å². The van der Waals surface area contributed by atoms with E-state index in [-0.39, 0.29) is 23.1 Å². The Labute approximate surface area is 112 Å². The van der Waals surface area contributed by atoms with E-state index in [9.17, 15) is 9.18 Å². The molecule has 1 aliphatic carbocycles. The average Bonchev–Trinajstić information content (AvgIpc) is 2.35. The Morgan fingerprint density at radius 2 is 2.22 bits per heavy atom. The molecule has 0 heterocycles. The van der Waals surface area contributed by atoms with E-state index in [4.69, 9.17) is 11.6 Å². The SMILES string of the molecule is CC1CCCC(C(=O)Cc2cccc(F)c2Cl)C1. The van der Waals surface area contributed by atoms with Crippen molar-refractivity contribution in [1.82, 2.24) is 0 Å². The summed E-state index contributed by atoms with van der Waals surface area (Å²) in [7, 11) is 0. The molecule has 0 saturated heterocycles. The van der Waals surface area contributed by atoms with Crippen LogP contribution in [-0.2, 0) is 11.2 Å². The first-order valence-electron chi connectivity index (χ1n) is 6.53. The van der Waals surface area contributed by atoms with Crippen molar-refractivity contribution < 1.29 is 9.18 Å². The zero-order chi connectivity index (χ0) is 13.1. The largest absolute Gasteiger partial charge is 0.299 e. The molecule has 0 spiro atoms. The molecule has 3 heteroatoms. The van der Waals surface area contributed by atoms with Gasteiger partial charge in [-0.15, -0.1) is 0 Å². The Hall–Kier alpha value is -0.890. The van der Waals surface area contributed by atoms with E-state index >= 15 is 0 Å². The summed E-state index contributed by atoms with van der Waals surface area (Å²) in [6, 6.07) is 4.65. The molecule has 2 atom stereocenters. The summed E-state index contributed by atoms with van der Waals surface area (Å²) >= 11 is 5.88. The first-order valence-corrected chi connectivity index (χ1v) is 6.91. The molecule has 1 aliphatic rings. The lowest BCUT2D eigenvalue weighted by atomic mass is 9.79. The van der Waals surface area contributed by atoms with E-state index in [1.54, 1.807) is 12.1 Å². The maximum absolute atomic E-state index is 13.3. The molecule has 98 valence electrons. The van der Waals surface area contributed by atoms with Crippen LogP contribution in [0.1, 0.15) is 38.2 Å². The van der Waals surface area contributed by atoms with Crippen LogP contribution in [-0.4, -0.2) is 5.78 Å². The van der Waals surface area contributed by atoms with Crippen molar-refractivity contribution in [2.45, 2.75) is 39.0 Å². The molecule has 1 aromatic carbocycles. The third-order valence-corrected chi connectivity index (χ3v) is 4.21. The zero-order valence-electron chi connectivity index (χ0n) is 10.6. The van der Waals surface area contributed by atoms with E-state index < -0.39 is 5.82 Å². The Balaban J connectivity index is 2.04. The number of Topliss-reactive ketones (excluding diaryl/α,β-unsaturated/α-hetero) is 1. The second kappa shape index (κ2) is 5.83. The highest BCUT2D eigenvalue weighted by atomic mass is 35.5. The van der Waals surface area contributed by atoms with Gasteiger partial charge < -0.3 is 0 Å². The lowest BCUT2D eigenvalue weighted by Gasteiger charge is -2.25. The van der Waals surface area contributed by atoms with Gasteiger partial charge in [0.05, 0.1) is 5.02 Å². The number of rotatable bonds is 3. The van der Waals surface area contributed by atoms with Gasteiger partial charge in [0.25, 0.3) is 0 Å². The second-order valence-electron chi connectivity index (χ2n) is 5.32. The van der Waals surface area contributed by atoms with Crippen LogP contribution in [0, 0.1) is 17.7 Å². The molecule has 0 bridgehead atoms. The standard InChI is InChI=1S/C15H18ClFO/c1-10-4-2-5-11(8-10)14(18)9-12-6-3-7-13(17)15(12)16/h3,6-7,10-11H,2,4-5,8-9H2,1H3. The second-order valence-corrected chi connectivity index (χ2v) is 5.70. The molecule has 0 aromatic heterocycles. The van der Waals surface area contributed by atoms with Gasteiger partial charge in [0, 0.05) is 12.3 Å². The Bertz CT molecular complexity index is 444. The van der Waals surface area contributed by atoms with Crippen molar-refractivity contribution in [1.29, 1.82) is 0 Å². The predicted octanol–water partition coefficient (Wildman–Crippen LogP) is 4.42. The average molecular weight is 269 g/mol. The molecular formula is C15H18ClFO. The van der Waals surface area contributed by atoms with Gasteiger partial charge in [-0.1, -0.05) is 43.5 Å². The minimum Gasteiger partial charge on any atom is -0.299 e. The number of hydrogen-bond donors (Lipinski definition) is 0. The molecule has 1 nitrogen and oxygen atoms in total. The summed E-state index contributed by atoms with van der Waals surface area (Å²) < 4.78 is 13.3. The fourth-order valence-electron chi connectivity index (χ4n) is 2.74. The molecule has 1 fully saturated rings. The number of carbonyl (C=O) groups excluding carboxylic acids is 1. The van der Waals surface area contributed by atoms with Crippen LogP contribution in [0.25, 0.3) is 0 Å². The first-order chi connectivity index (χ1) is 8.58. The monoisotopic (exact) mass is 268 g/mol. The van der Waals surface area contributed by atoms with Crippen LogP contribution in [0.15, 0.2) is 18.2 Å². The van der Waals surface area contributed by atoms with Crippen LogP contribution in [0.4, 0.5) is 4.39 Å². The maximum atomic E-state index is 13.3. The van der Waals surface area contributed by atoms with E-state index in [0.717, 1.165) is 19.3 Å².